The lowest BCUT2D eigenvalue weighted by Crippen LogP contribution is -2.52. The van der Waals surface area contributed by atoms with Gasteiger partial charge in [0.15, 0.2) is 6.04 Å². The van der Waals surface area contributed by atoms with Crippen LogP contribution in [-0.4, -0.2) is 67.1 Å². The van der Waals surface area contributed by atoms with Gasteiger partial charge in [-0.3, -0.25) is 24.5 Å². The van der Waals surface area contributed by atoms with E-state index in [0.29, 0.717) is 37.6 Å². The van der Waals surface area contributed by atoms with E-state index in [1.807, 2.05) is 0 Å². The number of rotatable bonds is 5. The van der Waals surface area contributed by atoms with E-state index in [0.717, 1.165) is 0 Å². The van der Waals surface area contributed by atoms with E-state index in [1.165, 1.54) is 35.2 Å². The summed E-state index contributed by atoms with van der Waals surface area (Å²) in [6.07, 6.45) is -4.50. The van der Waals surface area contributed by atoms with Crippen LogP contribution in [0.15, 0.2) is 42.5 Å². The average molecular weight is 531 g/mol. The third-order valence-electron chi connectivity index (χ3n) is 6.99. The number of nitrogens with zero attached hydrogens (tertiary/aromatic N) is 2. The van der Waals surface area contributed by atoms with Gasteiger partial charge in [-0.1, -0.05) is 18.2 Å². The summed E-state index contributed by atoms with van der Waals surface area (Å²) in [4.78, 5) is 52.8. The summed E-state index contributed by atoms with van der Waals surface area (Å²) in [6, 6.07) is 7.03. The second kappa shape index (κ2) is 10.1. The third kappa shape index (κ3) is 4.95. The zero-order chi connectivity index (χ0) is 27.0. The lowest BCUT2D eigenvalue weighted by molar-refractivity contribution is -0.155. The minimum atomic E-state index is -4.77. The number of carbonyl (C=O) groups is 4. The molecule has 0 radical (unpaired) electrons. The number of hydrogen-bond donors (Lipinski definition) is 2. The lowest BCUT2D eigenvalue weighted by Gasteiger charge is -2.33. The molecule has 0 aromatic heterocycles. The first-order chi connectivity index (χ1) is 18.1. The molecule has 12 heteroatoms. The number of anilines is 1. The Bertz CT molecular complexity index is 1290. The minimum absolute atomic E-state index is 0.00409. The Balaban J connectivity index is 1.38. The second-order valence-corrected chi connectivity index (χ2v) is 9.38. The molecule has 2 saturated heterocycles. The van der Waals surface area contributed by atoms with Crippen molar-refractivity contribution in [2.24, 2.45) is 0 Å². The van der Waals surface area contributed by atoms with Crippen LogP contribution in [0.2, 0.25) is 0 Å². The lowest BCUT2D eigenvalue weighted by atomic mass is 10.0. The number of hydrogen-bond acceptors (Lipinski definition) is 6. The van der Waals surface area contributed by atoms with Crippen LogP contribution in [0.3, 0.4) is 0 Å². The number of morpholine rings is 1. The molecule has 3 aliphatic heterocycles. The Labute approximate surface area is 215 Å². The van der Waals surface area contributed by atoms with Gasteiger partial charge < -0.3 is 19.9 Å². The molecule has 5 rings (SSSR count). The molecule has 9 nitrogen and oxygen atoms in total. The molecule has 0 aliphatic carbocycles. The van der Waals surface area contributed by atoms with Crippen LogP contribution in [0.1, 0.15) is 50.7 Å². The van der Waals surface area contributed by atoms with Gasteiger partial charge in [0, 0.05) is 48.4 Å². The van der Waals surface area contributed by atoms with Gasteiger partial charge in [-0.2, -0.15) is 13.2 Å². The maximum absolute atomic E-state index is 14.3. The number of piperidine rings is 1. The highest BCUT2D eigenvalue weighted by Crippen LogP contribution is 2.38. The topological polar surface area (TPSA) is 108 Å². The second-order valence-electron chi connectivity index (χ2n) is 9.38. The molecular formula is C26H25F3N4O5. The molecule has 2 aromatic carbocycles. The molecule has 2 atom stereocenters. The summed E-state index contributed by atoms with van der Waals surface area (Å²) < 4.78 is 48.1. The Morgan fingerprint density at radius 2 is 1.82 bits per heavy atom. The van der Waals surface area contributed by atoms with Crippen molar-refractivity contribution in [3.8, 4) is 0 Å². The molecular weight excluding hydrogens is 505 g/mol. The predicted octanol–water partition coefficient (Wildman–Crippen LogP) is 2.32. The number of alkyl halides is 3. The summed E-state index contributed by atoms with van der Waals surface area (Å²) in [5, 5.41) is 4.35. The number of para-hydroxylation sites is 1. The highest BCUT2D eigenvalue weighted by molar-refractivity contribution is 6.06. The number of fused-ring (bicyclic) bond motifs is 1. The van der Waals surface area contributed by atoms with Crippen LogP contribution in [0.4, 0.5) is 18.9 Å². The van der Waals surface area contributed by atoms with Crippen LogP contribution < -0.4 is 15.5 Å². The maximum atomic E-state index is 14.3. The molecule has 2 fully saturated rings. The Kier molecular flexibility index (Phi) is 6.82. The first-order valence-electron chi connectivity index (χ1n) is 12.2. The minimum Gasteiger partial charge on any atom is -0.378 e. The van der Waals surface area contributed by atoms with Gasteiger partial charge in [-0.05, 0) is 36.2 Å². The van der Waals surface area contributed by atoms with E-state index in [2.05, 4.69) is 10.6 Å². The van der Waals surface area contributed by atoms with E-state index in [4.69, 9.17) is 4.74 Å². The zero-order valence-electron chi connectivity index (χ0n) is 20.2. The predicted molar refractivity (Wildman–Crippen MR) is 128 cm³/mol. The monoisotopic (exact) mass is 530 g/mol. The molecule has 0 spiro atoms. The smallest absolute Gasteiger partial charge is 0.378 e. The molecule has 200 valence electrons. The van der Waals surface area contributed by atoms with Gasteiger partial charge in [-0.15, -0.1) is 0 Å². The quantitative estimate of drug-likeness (QED) is 0.575. The van der Waals surface area contributed by atoms with Crippen LogP contribution in [0.5, 0.6) is 0 Å². The van der Waals surface area contributed by atoms with Gasteiger partial charge in [0.25, 0.3) is 11.8 Å². The van der Waals surface area contributed by atoms with Crippen molar-refractivity contribution in [1.82, 2.24) is 15.5 Å². The fourth-order valence-corrected chi connectivity index (χ4v) is 5.09. The van der Waals surface area contributed by atoms with Gasteiger partial charge in [0.2, 0.25) is 11.8 Å². The summed E-state index contributed by atoms with van der Waals surface area (Å²) >= 11 is 0. The van der Waals surface area contributed by atoms with Gasteiger partial charge in [-0.25, -0.2) is 0 Å². The summed E-state index contributed by atoms with van der Waals surface area (Å²) in [6.45, 7) is 1.64. The standard InChI is InChI=1S/C26H25F3N4O5/c27-26(28,29)22(18-3-1-2-4-19(18)32-9-11-38-12-10-32)31-23(35)15-5-6-17-16(13-15)14-33(25(17)37)20-7-8-21(34)30-24(20)36/h1-6,13,20,22H,7-12,14H2,(H,31,35)(H,30,34,36)/t20?,22-/m1/s1. The first-order valence-corrected chi connectivity index (χ1v) is 12.2. The molecule has 0 saturated carbocycles. The van der Waals surface area contributed by atoms with E-state index in [-0.39, 0.29) is 36.1 Å². The number of imide groups is 1. The molecule has 2 aromatic rings. The fourth-order valence-electron chi connectivity index (χ4n) is 5.09. The Hall–Kier alpha value is -3.93. The molecule has 0 bridgehead atoms. The van der Waals surface area contributed by atoms with E-state index < -0.39 is 41.9 Å². The summed E-state index contributed by atoms with van der Waals surface area (Å²) in [7, 11) is 0. The number of halogens is 3. The number of amides is 4. The number of ether oxygens (including phenoxy) is 1. The van der Waals surface area contributed by atoms with Crippen molar-refractivity contribution in [3.05, 3.63) is 64.7 Å². The van der Waals surface area contributed by atoms with Crippen LogP contribution in [0, 0.1) is 0 Å². The van der Waals surface area contributed by atoms with E-state index >= 15 is 0 Å². The van der Waals surface area contributed by atoms with Crippen molar-refractivity contribution in [3.63, 3.8) is 0 Å². The van der Waals surface area contributed by atoms with Crippen LogP contribution in [-0.2, 0) is 20.9 Å². The normalized spacial score (nSPS) is 20.7. The largest absolute Gasteiger partial charge is 0.412 e. The van der Waals surface area contributed by atoms with Gasteiger partial charge in [0.1, 0.15) is 6.04 Å². The van der Waals surface area contributed by atoms with E-state index in [9.17, 15) is 32.3 Å². The third-order valence-corrected chi connectivity index (χ3v) is 6.99. The summed E-state index contributed by atoms with van der Waals surface area (Å²) in [5.41, 5.74) is 0.939. The van der Waals surface area contributed by atoms with Crippen molar-refractivity contribution in [2.45, 2.75) is 37.6 Å². The highest BCUT2D eigenvalue weighted by Gasteiger charge is 2.44. The van der Waals surface area contributed by atoms with Crippen molar-refractivity contribution in [2.75, 3.05) is 31.2 Å². The Morgan fingerprint density at radius 3 is 2.53 bits per heavy atom. The molecule has 38 heavy (non-hydrogen) atoms. The molecule has 4 amide bonds. The zero-order valence-corrected chi connectivity index (χ0v) is 20.2. The molecule has 3 aliphatic rings. The Morgan fingerprint density at radius 1 is 1.08 bits per heavy atom. The summed E-state index contributed by atoms with van der Waals surface area (Å²) in [5.74, 6) is -2.37. The van der Waals surface area contributed by atoms with Gasteiger partial charge >= 0.3 is 6.18 Å². The van der Waals surface area contributed by atoms with Crippen LogP contribution >= 0.6 is 0 Å². The van der Waals surface area contributed by atoms with Crippen molar-refractivity contribution in [1.29, 1.82) is 0 Å². The fraction of sp³-hybridized carbons (Fsp3) is 0.385. The molecule has 1 unspecified atom stereocenters. The van der Waals surface area contributed by atoms with Crippen molar-refractivity contribution < 1.29 is 37.1 Å². The SMILES string of the molecule is O=C1CCC(N2Cc3cc(C(=O)N[C@H](c4ccccc4N4CCOCC4)C(F)(F)F)ccc3C2=O)C(=O)N1. The van der Waals surface area contributed by atoms with Crippen molar-refractivity contribution >= 4 is 29.3 Å². The average Bonchev–Trinajstić information content (AvgIpc) is 3.22. The number of carbonyl (C=O) groups excluding carboxylic acids is 4. The highest BCUT2D eigenvalue weighted by atomic mass is 19.4. The first kappa shape index (κ1) is 25.7. The molecule has 2 N–H and O–H groups in total. The van der Waals surface area contributed by atoms with Gasteiger partial charge in [0.05, 0.1) is 13.2 Å². The number of benzene rings is 2. The van der Waals surface area contributed by atoms with Crippen LogP contribution in [0.25, 0.3) is 0 Å². The number of nitrogens with one attached hydrogen (secondary N) is 2. The van der Waals surface area contributed by atoms with E-state index in [1.54, 1.807) is 17.0 Å². The maximum Gasteiger partial charge on any atom is 0.412 e. The molecule has 3 heterocycles.